The largest absolute Gasteiger partial charge is 0.351 e. The van der Waals surface area contributed by atoms with Crippen molar-refractivity contribution in [1.29, 1.82) is 0 Å². The van der Waals surface area contributed by atoms with Gasteiger partial charge >= 0.3 is 0 Å². The van der Waals surface area contributed by atoms with Crippen molar-refractivity contribution in [2.45, 2.75) is 31.7 Å². The van der Waals surface area contributed by atoms with Gasteiger partial charge in [0.25, 0.3) is 5.91 Å². The second kappa shape index (κ2) is 7.49. The highest BCUT2D eigenvalue weighted by Gasteiger charge is 2.18. The van der Waals surface area contributed by atoms with Crippen molar-refractivity contribution < 1.29 is 9.32 Å². The second-order valence-corrected chi connectivity index (χ2v) is 6.67. The molecule has 1 amide bonds. The van der Waals surface area contributed by atoms with E-state index in [0.29, 0.717) is 18.2 Å². The van der Waals surface area contributed by atoms with E-state index in [9.17, 15) is 4.79 Å². The average Bonchev–Trinajstić information content (AvgIpc) is 2.94. The van der Waals surface area contributed by atoms with Gasteiger partial charge in [0.1, 0.15) is 0 Å². The molecule has 0 fully saturated rings. The van der Waals surface area contributed by atoms with E-state index in [-0.39, 0.29) is 5.91 Å². The number of carbonyl (C=O) groups excluding carboxylic acids is 1. The van der Waals surface area contributed by atoms with Crippen molar-refractivity contribution >= 4 is 17.7 Å². The highest BCUT2D eigenvalue weighted by Crippen LogP contribution is 2.18. The number of benzene rings is 1. The topological polar surface area (TPSA) is 46.3 Å². The maximum absolute atomic E-state index is 12.4. The highest BCUT2D eigenvalue weighted by molar-refractivity contribution is 7.98. The van der Waals surface area contributed by atoms with Gasteiger partial charge in [-0.3, -0.25) is 4.79 Å². The molecule has 0 N–H and O–H groups in total. The third-order valence-electron chi connectivity index (χ3n) is 3.29. The Morgan fingerprint density at radius 3 is 2.82 bits per heavy atom. The van der Waals surface area contributed by atoms with E-state index in [2.05, 4.69) is 31.1 Å². The minimum Gasteiger partial charge on any atom is -0.351 e. The highest BCUT2D eigenvalue weighted by atomic mass is 32.2. The van der Waals surface area contributed by atoms with Gasteiger partial charge in [-0.15, -0.1) is 11.8 Å². The Labute approximate surface area is 135 Å². The maximum Gasteiger partial charge on any atom is 0.292 e. The van der Waals surface area contributed by atoms with Crippen molar-refractivity contribution in [3.63, 3.8) is 0 Å². The molecule has 0 saturated heterocycles. The van der Waals surface area contributed by atoms with Crippen LogP contribution in [0.5, 0.6) is 0 Å². The van der Waals surface area contributed by atoms with Gasteiger partial charge in [0.15, 0.2) is 0 Å². The molecule has 0 unspecified atom stereocenters. The first-order valence-electron chi connectivity index (χ1n) is 7.33. The zero-order chi connectivity index (χ0) is 16.1. The third-order valence-corrected chi connectivity index (χ3v) is 4.01. The van der Waals surface area contributed by atoms with Crippen LogP contribution in [0.1, 0.15) is 35.7 Å². The SMILES string of the molecule is CSc1cccc(CN(C)C(=O)c2cc(CC(C)C)no2)c1. The summed E-state index contributed by atoms with van der Waals surface area (Å²) in [5.74, 6) is 0.649. The second-order valence-electron chi connectivity index (χ2n) is 5.79. The van der Waals surface area contributed by atoms with Gasteiger partial charge in [-0.25, -0.2) is 0 Å². The van der Waals surface area contributed by atoms with Crippen LogP contribution >= 0.6 is 11.8 Å². The molecule has 4 nitrogen and oxygen atoms in total. The molecule has 2 rings (SSSR count). The predicted octanol–water partition coefficient (Wildman–Crippen LogP) is 3.87. The quantitative estimate of drug-likeness (QED) is 0.759. The number of amides is 1. The number of rotatable bonds is 6. The van der Waals surface area contributed by atoms with E-state index in [4.69, 9.17) is 4.52 Å². The number of aromatic nitrogens is 1. The van der Waals surface area contributed by atoms with Crippen LogP contribution in [0.3, 0.4) is 0 Å². The summed E-state index contributed by atoms with van der Waals surface area (Å²) in [7, 11) is 1.78. The van der Waals surface area contributed by atoms with E-state index in [1.54, 1.807) is 29.8 Å². The Morgan fingerprint density at radius 2 is 2.14 bits per heavy atom. The predicted molar refractivity (Wildman–Crippen MR) is 89.1 cm³/mol. The number of carbonyl (C=O) groups is 1. The van der Waals surface area contributed by atoms with Gasteiger partial charge in [0, 0.05) is 24.6 Å². The Kier molecular flexibility index (Phi) is 5.66. The first-order valence-corrected chi connectivity index (χ1v) is 8.56. The molecule has 0 radical (unpaired) electrons. The van der Waals surface area contributed by atoms with E-state index >= 15 is 0 Å². The summed E-state index contributed by atoms with van der Waals surface area (Å²) in [6, 6.07) is 9.93. The lowest BCUT2D eigenvalue weighted by Gasteiger charge is -2.15. The Bertz CT molecular complexity index is 637. The molecule has 0 aliphatic heterocycles. The van der Waals surface area contributed by atoms with Gasteiger partial charge in [-0.05, 0) is 36.3 Å². The minimum atomic E-state index is -0.142. The smallest absolute Gasteiger partial charge is 0.292 e. The van der Waals surface area contributed by atoms with E-state index < -0.39 is 0 Å². The third kappa shape index (κ3) is 4.37. The molecule has 118 valence electrons. The van der Waals surface area contributed by atoms with Crippen molar-refractivity contribution in [3.8, 4) is 0 Å². The van der Waals surface area contributed by atoms with Crippen LogP contribution in [0, 0.1) is 5.92 Å². The molecule has 1 heterocycles. The standard InChI is InChI=1S/C17H22N2O2S/c1-12(2)8-14-10-16(21-18-14)17(20)19(3)11-13-6-5-7-15(9-13)22-4/h5-7,9-10,12H,8,11H2,1-4H3. The lowest BCUT2D eigenvalue weighted by molar-refractivity contribution is 0.0743. The molecule has 0 aliphatic carbocycles. The van der Waals surface area contributed by atoms with Gasteiger partial charge < -0.3 is 9.42 Å². The molecule has 5 heteroatoms. The van der Waals surface area contributed by atoms with Crippen molar-refractivity contribution in [1.82, 2.24) is 10.1 Å². The van der Waals surface area contributed by atoms with E-state index in [1.165, 1.54) is 4.90 Å². The maximum atomic E-state index is 12.4. The summed E-state index contributed by atoms with van der Waals surface area (Å²) in [5.41, 5.74) is 1.93. The van der Waals surface area contributed by atoms with Gasteiger partial charge in [-0.1, -0.05) is 31.1 Å². The average molecular weight is 318 g/mol. The Morgan fingerprint density at radius 1 is 1.36 bits per heavy atom. The van der Waals surface area contributed by atoms with Gasteiger partial charge in [-0.2, -0.15) is 0 Å². The molecule has 0 saturated carbocycles. The Hall–Kier alpha value is -1.75. The van der Waals surface area contributed by atoms with Crippen LogP contribution in [-0.2, 0) is 13.0 Å². The molecular formula is C17H22N2O2S. The monoisotopic (exact) mass is 318 g/mol. The van der Waals surface area contributed by atoms with Crippen LogP contribution in [0.2, 0.25) is 0 Å². The lowest BCUT2D eigenvalue weighted by atomic mass is 10.1. The molecule has 1 aromatic carbocycles. The molecule has 0 aliphatic rings. The van der Waals surface area contributed by atoms with Crippen LogP contribution in [0.4, 0.5) is 0 Å². The molecule has 0 atom stereocenters. The molecule has 2 aromatic rings. The fourth-order valence-electron chi connectivity index (χ4n) is 2.23. The first-order chi connectivity index (χ1) is 10.5. The Balaban J connectivity index is 2.03. The van der Waals surface area contributed by atoms with E-state index in [0.717, 1.165) is 17.7 Å². The van der Waals surface area contributed by atoms with Crippen LogP contribution in [0.15, 0.2) is 39.8 Å². The van der Waals surface area contributed by atoms with Gasteiger partial charge in [0.2, 0.25) is 5.76 Å². The summed E-state index contributed by atoms with van der Waals surface area (Å²) in [6.07, 6.45) is 2.86. The lowest BCUT2D eigenvalue weighted by Crippen LogP contribution is -2.25. The summed E-state index contributed by atoms with van der Waals surface area (Å²) in [6.45, 7) is 4.77. The molecular weight excluding hydrogens is 296 g/mol. The fourth-order valence-corrected chi connectivity index (χ4v) is 2.72. The normalized spacial score (nSPS) is 11.0. The number of hydrogen-bond acceptors (Lipinski definition) is 4. The number of thioether (sulfide) groups is 1. The van der Waals surface area contributed by atoms with E-state index in [1.807, 2.05) is 18.4 Å². The van der Waals surface area contributed by atoms with Crippen LogP contribution < -0.4 is 0 Å². The van der Waals surface area contributed by atoms with Crippen molar-refractivity contribution in [3.05, 3.63) is 47.3 Å². The summed E-state index contributed by atoms with van der Waals surface area (Å²) >= 11 is 1.69. The summed E-state index contributed by atoms with van der Waals surface area (Å²) in [4.78, 5) is 15.2. The van der Waals surface area contributed by atoms with Crippen LogP contribution in [0.25, 0.3) is 0 Å². The zero-order valence-electron chi connectivity index (χ0n) is 13.5. The van der Waals surface area contributed by atoms with Crippen LogP contribution in [-0.4, -0.2) is 29.3 Å². The molecule has 0 spiro atoms. The number of hydrogen-bond donors (Lipinski definition) is 0. The molecule has 0 bridgehead atoms. The minimum absolute atomic E-state index is 0.142. The van der Waals surface area contributed by atoms with Crippen molar-refractivity contribution in [2.24, 2.45) is 5.92 Å². The summed E-state index contributed by atoms with van der Waals surface area (Å²) < 4.78 is 5.19. The fraction of sp³-hybridized carbons (Fsp3) is 0.412. The zero-order valence-corrected chi connectivity index (χ0v) is 14.3. The summed E-state index contributed by atoms with van der Waals surface area (Å²) in [5, 5.41) is 3.97. The van der Waals surface area contributed by atoms with Gasteiger partial charge in [0.05, 0.1) is 5.69 Å². The molecule has 1 aromatic heterocycles. The number of nitrogens with zero attached hydrogens (tertiary/aromatic N) is 2. The molecule has 22 heavy (non-hydrogen) atoms. The first kappa shape index (κ1) is 16.6. The van der Waals surface area contributed by atoms with Crippen molar-refractivity contribution in [2.75, 3.05) is 13.3 Å².